The summed E-state index contributed by atoms with van der Waals surface area (Å²) in [7, 11) is -6.79. The molecule has 0 aliphatic rings. The van der Waals surface area contributed by atoms with Crippen LogP contribution in [0.1, 0.15) is 70.6 Å². The van der Waals surface area contributed by atoms with Crippen LogP contribution in [0.5, 0.6) is 0 Å². The molecule has 0 aromatic carbocycles. The fourth-order valence-electron chi connectivity index (χ4n) is 2.47. The minimum atomic E-state index is -6.79. The van der Waals surface area contributed by atoms with E-state index in [1.54, 1.807) is 0 Å². The van der Waals surface area contributed by atoms with Crippen LogP contribution in [0.4, 0.5) is 39.5 Å². The van der Waals surface area contributed by atoms with Crippen LogP contribution in [-0.4, -0.2) is 33.5 Å². The topological polar surface area (TPSA) is 57.5 Å². The highest BCUT2D eigenvalue weighted by Crippen LogP contribution is 2.64. The lowest BCUT2D eigenvalue weighted by molar-refractivity contribution is -0.286. The SMILES string of the molecule is O=P(O)(O)C(F)(F)C(F)(F)C(F)(F)CCCCCCCCCCCC(F)(F)F. The summed E-state index contributed by atoms with van der Waals surface area (Å²) in [6.45, 7) is 0. The van der Waals surface area contributed by atoms with Gasteiger partial charge in [0.1, 0.15) is 0 Å². The van der Waals surface area contributed by atoms with Gasteiger partial charge in [-0.2, -0.15) is 39.5 Å². The summed E-state index contributed by atoms with van der Waals surface area (Å²) in [6, 6.07) is 0. The number of unbranched alkanes of at least 4 members (excludes halogenated alkanes) is 8. The largest absolute Gasteiger partial charge is 0.413 e. The van der Waals surface area contributed by atoms with E-state index in [9.17, 15) is 44.1 Å². The molecule has 0 saturated carbocycles. The summed E-state index contributed by atoms with van der Waals surface area (Å²) >= 11 is 0. The van der Waals surface area contributed by atoms with Crippen molar-refractivity contribution in [2.75, 3.05) is 0 Å². The van der Waals surface area contributed by atoms with Crippen LogP contribution in [0.3, 0.4) is 0 Å². The van der Waals surface area contributed by atoms with Gasteiger partial charge in [0.15, 0.2) is 0 Å². The van der Waals surface area contributed by atoms with E-state index < -0.39 is 50.5 Å². The molecule has 0 heterocycles. The molecule has 0 aromatic heterocycles. The second kappa shape index (κ2) is 10.5. The van der Waals surface area contributed by atoms with Crippen LogP contribution in [0.25, 0.3) is 0 Å². The van der Waals surface area contributed by atoms with Crippen molar-refractivity contribution in [1.29, 1.82) is 0 Å². The smallest absolute Gasteiger partial charge is 0.320 e. The van der Waals surface area contributed by atoms with Gasteiger partial charge in [0.05, 0.1) is 0 Å². The van der Waals surface area contributed by atoms with Gasteiger partial charge in [0, 0.05) is 12.8 Å². The lowest BCUT2D eigenvalue weighted by Crippen LogP contribution is -2.53. The Morgan fingerprint density at radius 1 is 0.571 bits per heavy atom. The van der Waals surface area contributed by atoms with Crippen LogP contribution in [-0.2, 0) is 4.57 Å². The molecule has 0 aliphatic heterocycles. The van der Waals surface area contributed by atoms with Gasteiger partial charge < -0.3 is 9.79 Å². The van der Waals surface area contributed by atoms with Crippen LogP contribution in [0, 0.1) is 0 Å². The zero-order valence-corrected chi connectivity index (χ0v) is 15.8. The Morgan fingerprint density at radius 3 is 1.21 bits per heavy atom. The molecule has 0 rings (SSSR count). The van der Waals surface area contributed by atoms with Gasteiger partial charge >= 0.3 is 31.3 Å². The average molecular weight is 454 g/mol. The summed E-state index contributed by atoms with van der Waals surface area (Å²) < 4.78 is 126. The van der Waals surface area contributed by atoms with Gasteiger partial charge in [0.25, 0.3) is 0 Å². The summed E-state index contributed by atoms with van der Waals surface area (Å²) in [5, 5.41) is 0. The lowest BCUT2D eigenvalue weighted by atomic mass is 10.0. The van der Waals surface area contributed by atoms with Crippen LogP contribution < -0.4 is 0 Å². The predicted molar refractivity (Wildman–Crippen MR) is 83.7 cm³/mol. The third-order valence-corrected chi connectivity index (χ3v) is 5.17. The molecular formula is C15H24F9O3P. The summed E-state index contributed by atoms with van der Waals surface area (Å²) in [4.78, 5) is 16.4. The number of hydrogen-bond acceptors (Lipinski definition) is 1. The Bertz CT molecular complexity index is 503. The van der Waals surface area contributed by atoms with Crippen LogP contribution in [0.15, 0.2) is 0 Å². The predicted octanol–water partition coefficient (Wildman–Crippen LogP) is 6.88. The van der Waals surface area contributed by atoms with Gasteiger partial charge in [-0.1, -0.05) is 44.9 Å². The van der Waals surface area contributed by atoms with E-state index in [4.69, 9.17) is 9.79 Å². The summed E-state index contributed by atoms with van der Waals surface area (Å²) in [5.41, 5.74) is -6.18. The van der Waals surface area contributed by atoms with Crippen LogP contribution in [0.2, 0.25) is 0 Å². The minimum absolute atomic E-state index is 0.0151. The first-order chi connectivity index (χ1) is 12.5. The Morgan fingerprint density at radius 2 is 0.893 bits per heavy atom. The molecule has 0 bridgehead atoms. The Hall–Kier alpha value is -0.480. The van der Waals surface area contributed by atoms with E-state index in [1.807, 2.05) is 0 Å². The van der Waals surface area contributed by atoms with Crippen molar-refractivity contribution >= 4 is 7.60 Å². The Labute approximate surface area is 156 Å². The summed E-state index contributed by atoms with van der Waals surface area (Å²) in [5.74, 6) is -11.5. The van der Waals surface area contributed by atoms with Gasteiger partial charge in [-0.15, -0.1) is 0 Å². The molecule has 170 valence electrons. The van der Waals surface area contributed by atoms with Gasteiger partial charge in [-0.25, -0.2) is 0 Å². The molecule has 0 aromatic rings. The second-order valence-corrected chi connectivity index (χ2v) is 8.31. The molecule has 0 spiro atoms. The van der Waals surface area contributed by atoms with Gasteiger partial charge in [0.2, 0.25) is 0 Å². The van der Waals surface area contributed by atoms with E-state index in [0.29, 0.717) is 38.5 Å². The van der Waals surface area contributed by atoms with E-state index in [1.165, 1.54) is 0 Å². The molecule has 0 unspecified atom stereocenters. The second-order valence-electron chi connectivity index (χ2n) is 6.66. The van der Waals surface area contributed by atoms with Crippen molar-refractivity contribution in [2.45, 2.75) is 94.3 Å². The molecule has 3 nitrogen and oxygen atoms in total. The maximum atomic E-state index is 13.4. The maximum Gasteiger partial charge on any atom is 0.413 e. The van der Waals surface area contributed by atoms with E-state index in [-0.39, 0.29) is 12.8 Å². The molecule has 0 saturated heterocycles. The highest BCUT2D eigenvalue weighted by atomic mass is 31.2. The average Bonchev–Trinajstić information content (AvgIpc) is 2.50. The molecule has 0 aliphatic carbocycles. The molecule has 13 heteroatoms. The number of halogens is 9. The highest BCUT2D eigenvalue weighted by molar-refractivity contribution is 7.53. The monoisotopic (exact) mass is 454 g/mol. The molecule has 28 heavy (non-hydrogen) atoms. The number of alkyl halides is 9. The van der Waals surface area contributed by atoms with E-state index >= 15 is 0 Å². The first kappa shape index (κ1) is 27.5. The third-order valence-electron chi connectivity index (χ3n) is 4.15. The van der Waals surface area contributed by atoms with Gasteiger partial charge in [-0.05, 0) is 12.8 Å². The Balaban J connectivity index is 4.06. The van der Waals surface area contributed by atoms with Gasteiger partial charge in [-0.3, -0.25) is 4.57 Å². The highest BCUT2D eigenvalue weighted by Gasteiger charge is 2.78. The normalized spacial score (nSPS) is 14.5. The lowest BCUT2D eigenvalue weighted by Gasteiger charge is -2.32. The minimum Gasteiger partial charge on any atom is -0.320 e. The van der Waals surface area contributed by atoms with Crippen molar-refractivity contribution in [3.05, 3.63) is 0 Å². The zero-order chi connectivity index (χ0) is 22.3. The molecule has 2 N–H and O–H groups in total. The first-order valence-corrected chi connectivity index (χ1v) is 10.3. The first-order valence-electron chi connectivity index (χ1n) is 8.71. The van der Waals surface area contributed by atoms with Crippen molar-refractivity contribution in [1.82, 2.24) is 0 Å². The van der Waals surface area contributed by atoms with Crippen molar-refractivity contribution in [3.63, 3.8) is 0 Å². The molecule has 0 amide bonds. The van der Waals surface area contributed by atoms with Crippen molar-refractivity contribution in [2.24, 2.45) is 0 Å². The standard InChI is InChI=1S/C15H24F9O3P/c16-12(17,14(21,22)15(23,24)28(25,26)27)10-8-6-4-2-1-3-5-7-9-11-13(18,19)20/h1-11H2,(H2,25,26,27). The van der Waals surface area contributed by atoms with Crippen molar-refractivity contribution in [3.8, 4) is 0 Å². The van der Waals surface area contributed by atoms with Crippen molar-refractivity contribution < 1.29 is 53.9 Å². The van der Waals surface area contributed by atoms with E-state index in [0.717, 1.165) is 0 Å². The quantitative estimate of drug-likeness (QED) is 0.171. The molecule has 0 atom stereocenters. The fraction of sp³-hybridized carbons (Fsp3) is 1.00. The van der Waals surface area contributed by atoms with E-state index in [2.05, 4.69) is 0 Å². The molecular weight excluding hydrogens is 430 g/mol. The number of rotatable bonds is 14. The fourth-order valence-corrected chi connectivity index (χ4v) is 3.00. The molecule has 0 fully saturated rings. The maximum absolute atomic E-state index is 13.4. The zero-order valence-electron chi connectivity index (χ0n) is 14.9. The third kappa shape index (κ3) is 8.49. The van der Waals surface area contributed by atoms with Crippen LogP contribution >= 0.6 is 7.60 Å². The number of hydrogen-bond donors (Lipinski definition) is 2. The molecule has 0 radical (unpaired) electrons. The Kier molecular flexibility index (Phi) is 10.3. The summed E-state index contributed by atoms with van der Waals surface area (Å²) in [6.07, 6.45) is -4.17.